The Hall–Kier alpha value is -12.8. The van der Waals surface area contributed by atoms with Crippen LogP contribution >= 0.6 is 22.7 Å². The Labute approximate surface area is 585 Å². The minimum atomic E-state index is 0.661. The first-order chi connectivity index (χ1) is 50.1. The van der Waals surface area contributed by atoms with Gasteiger partial charge in [0.15, 0.2) is 0 Å². The van der Waals surface area contributed by atoms with Crippen LogP contribution in [-0.2, 0) is 0 Å². The first-order valence-corrected chi connectivity index (χ1v) is 36.2. The molecule has 464 valence electrons. The minimum absolute atomic E-state index is 0.661. The zero-order chi connectivity index (χ0) is 65.4. The van der Waals surface area contributed by atoms with Gasteiger partial charge in [0.05, 0.1) is 44.3 Å². The second-order valence-corrected chi connectivity index (χ2v) is 29.5. The highest BCUT2D eigenvalue weighted by Crippen LogP contribution is 2.58. The van der Waals surface area contributed by atoms with Gasteiger partial charge in [-0.1, -0.05) is 224 Å². The Bertz CT molecular complexity index is 7490. The summed E-state index contributed by atoms with van der Waals surface area (Å²) in [5.41, 5.74) is 27.0. The summed E-state index contributed by atoms with van der Waals surface area (Å²) < 4.78 is 12.5. The van der Waals surface area contributed by atoms with Crippen LogP contribution in [0.1, 0.15) is 0 Å². The van der Waals surface area contributed by atoms with Crippen LogP contribution in [0, 0.1) is 0 Å². The van der Waals surface area contributed by atoms with Gasteiger partial charge in [-0.3, -0.25) is 4.57 Å². The zero-order valence-electron chi connectivity index (χ0n) is 54.0. The van der Waals surface area contributed by atoms with Crippen molar-refractivity contribution in [1.29, 1.82) is 0 Å². The van der Waals surface area contributed by atoms with Crippen molar-refractivity contribution in [3.05, 3.63) is 309 Å². The van der Waals surface area contributed by atoms with E-state index in [4.69, 9.17) is 9.97 Å². The van der Waals surface area contributed by atoms with Crippen molar-refractivity contribution in [2.45, 2.75) is 0 Å². The molecule has 6 heterocycles. The number of benzene rings is 16. The van der Waals surface area contributed by atoms with E-state index in [2.05, 4.69) is 323 Å². The number of rotatable bonds is 6. The van der Waals surface area contributed by atoms with Crippen LogP contribution < -0.4 is 0 Å². The molecule has 5 nitrogen and oxygen atoms in total. The molecular formula is C94H51N5S2. The lowest BCUT2D eigenvalue weighted by Crippen LogP contribution is -2.03. The minimum Gasteiger partial charge on any atom is -0.309 e. The van der Waals surface area contributed by atoms with E-state index in [1.54, 1.807) is 0 Å². The van der Waals surface area contributed by atoms with Crippen LogP contribution in [-0.4, -0.2) is 23.7 Å². The highest BCUT2D eigenvalue weighted by Gasteiger charge is 2.32. The van der Waals surface area contributed by atoms with Crippen molar-refractivity contribution in [3.8, 4) is 95.3 Å². The smallest absolute Gasteiger partial charge is 0.235 e. The summed E-state index contributed by atoms with van der Waals surface area (Å²) >= 11 is 3.77. The van der Waals surface area contributed by atoms with Crippen molar-refractivity contribution in [1.82, 2.24) is 23.7 Å². The molecule has 7 heteroatoms. The summed E-state index contributed by atoms with van der Waals surface area (Å²) in [7, 11) is 0. The average Bonchev–Trinajstić information content (AvgIpc) is 1.53. The van der Waals surface area contributed by atoms with Crippen LogP contribution in [0.2, 0.25) is 0 Å². The van der Waals surface area contributed by atoms with Gasteiger partial charge in [0.2, 0.25) is 5.95 Å². The lowest BCUT2D eigenvalue weighted by molar-refractivity contribution is 1.01. The molecule has 101 heavy (non-hydrogen) atoms. The number of hydrogen-bond acceptors (Lipinski definition) is 4. The van der Waals surface area contributed by atoms with Crippen molar-refractivity contribution < 1.29 is 0 Å². The summed E-state index contributed by atoms with van der Waals surface area (Å²) in [5.74, 6) is 0.661. The van der Waals surface area contributed by atoms with E-state index in [0.29, 0.717) is 5.95 Å². The molecule has 6 aromatic heterocycles. The summed E-state index contributed by atoms with van der Waals surface area (Å²) in [4.78, 5) is 11.0. The monoisotopic (exact) mass is 1310 g/mol. The molecule has 0 atom stereocenters. The molecule has 2 aliphatic carbocycles. The Morgan fingerprint density at radius 1 is 0.228 bits per heavy atom. The fourth-order valence-electron chi connectivity index (χ4n) is 18.2. The third-order valence-electron chi connectivity index (χ3n) is 22.3. The number of fused-ring (bicyclic) bond motifs is 18. The number of aromatic nitrogens is 5. The third-order valence-corrected chi connectivity index (χ3v) is 24.5. The number of thiophene rings is 2. The molecule has 0 spiro atoms. The van der Waals surface area contributed by atoms with E-state index in [1.807, 2.05) is 22.7 Å². The van der Waals surface area contributed by atoms with E-state index >= 15 is 0 Å². The van der Waals surface area contributed by atoms with Crippen LogP contribution in [0.15, 0.2) is 309 Å². The Morgan fingerprint density at radius 3 is 1.39 bits per heavy atom. The molecule has 0 saturated heterocycles. The molecule has 16 aromatic carbocycles. The SMILES string of the molecule is c1ccc(-c2nc(-n3c4cc5sc6ccccc6c5c5c4c4c6c(cccc6ccc43)-c3cc(-c4cccc6c4c4ccccc4n6-c4ccc(-c6ccc(-n7c8cc9sc%10ccccc%10c9c9c8c8c%10c(cccc%10ccc87)-c7ccccc7-9)cc6)cc4)ccc3-5)nc3ccccc23)cc1. The molecule has 0 saturated carbocycles. The maximum Gasteiger partial charge on any atom is 0.235 e. The van der Waals surface area contributed by atoms with Gasteiger partial charge in [0, 0.05) is 106 Å². The Balaban J connectivity index is 0.650. The predicted octanol–water partition coefficient (Wildman–Crippen LogP) is 26.3. The summed E-state index contributed by atoms with van der Waals surface area (Å²) in [6, 6.07) is 116. The molecule has 0 amide bonds. The third kappa shape index (κ3) is 7.27. The highest BCUT2D eigenvalue weighted by atomic mass is 32.1. The molecule has 0 unspecified atom stereocenters. The maximum absolute atomic E-state index is 5.56. The lowest BCUT2D eigenvalue weighted by atomic mass is 9.88. The molecule has 0 radical (unpaired) electrons. The van der Waals surface area contributed by atoms with Crippen molar-refractivity contribution >= 4 is 161 Å². The van der Waals surface area contributed by atoms with E-state index in [9.17, 15) is 0 Å². The van der Waals surface area contributed by atoms with E-state index < -0.39 is 0 Å². The molecule has 0 bridgehead atoms. The van der Waals surface area contributed by atoms with Gasteiger partial charge >= 0.3 is 0 Å². The van der Waals surface area contributed by atoms with Gasteiger partial charge in [0.1, 0.15) is 0 Å². The second-order valence-electron chi connectivity index (χ2n) is 27.3. The van der Waals surface area contributed by atoms with E-state index in [0.717, 1.165) is 44.6 Å². The standard InChI is InChI=1S/C94H51N5S2/c1-2-17-56(18-3-1)93-66-23-6-10-30-71(66)95-94(96-93)99-75-48-41-55-20-15-29-64-70-49-57(39-46-65(70)88-86-69-26-9-13-34-79(69)101-81(86)51-77(99)92(88)90(75)83(55)64)60-27-16-32-73-84(60)67-24-7-11-31-72(67)97(73)58-42-35-52(36-43-58)53-37-44-59(45-38-53)98-74-47-40-54-19-14-28-62-61-21-4-5-22-63(61)87-85-68-25-8-12-33-78(68)100-80(85)50-76(98)91(87)89(74)82(54)62/h1-51H. The first-order valence-electron chi connectivity index (χ1n) is 34.6. The van der Waals surface area contributed by atoms with Crippen molar-refractivity contribution in [2.75, 3.05) is 0 Å². The predicted molar refractivity (Wildman–Crippen MR) is 429 cm³/mol. The van der Waals surface area contributed by atoms with Gasteiger partial charge in [-0.2, -0.15) is 0 Å². The zero-order valence-corrected chi connectivity index (χ0v) is 55.6. The normalized spacial score (nSPS) is 12.6. The molecule has 0 N–H and O–H groups in total. The maximum atomic E-state index is 5.56. The number of nitrogens with zero attached hydrogens (tertiary/aromatic N) is 5. The van der Waals surface area contributed by atoms with Gasteiger partial charge < -0.3 is 9.13 Å². The molecule has 0 fully saturated rings. The van der Waals surface area contributed by atoms with Gasteiger partial charge in [-0.25, -0.2) is 9.97 Å². The first kappa shape index (κ1) is 54.3. The molecule has 22 aromatic rings. The lowest BCUT2D eigenvalue weighted by Gasteiger charge is -2.17. The summed E-state index contributed by atoms with van der Waals surface area (Å²) in [6.07, 6.45) is 0. The van der Waals surface area contributed by atoms with Crippen LogP contribution in [0.4, 0.5) is 0 Å². The molecular weight excluding hydrogens is 1260 g/mol. The van der Waals surface area contributed by atoms with Gasteiger partial charge in [0.25, 0.3) is 0 Å². The van der Waals surface area contributed by atoms with Crippen LogP contribution in [0.5, 0.6) is 0 Å². The molecule has 24 rings (SSSR count). The highest BCUT2D eigenvalue weighted by molar-refractivity contribution is 7.26. The Morgan fingerprint density at radius 2 is 0.713 bits per heavy atom. The average molecular weight is 1310 g/mol. The quantitative estimate of drug-likeness (QED) is 0.166. The van der Waals surface area contributed by atoms with Crippen molar-refractivity contribution in [3.63, 3.8) is 0 Å². The van der Waals surface area contributed by atoms with Crippen LogP contribution in [0.3, 0.4) is 0 Å². The summed E-state index contributed by atoms with van der Waals surface area (Å²) in [5, 5.41) is 18.9. The van der Waals surface area contributed by atoms with Crippen molar-refractivity contribution in [2.24, 2.45) is 0 Å². The molecule has 0 aliphatic heterocycles. The number of para-hydroxylation sites is 2. The molecule has 2 aliphatic rings. The fourth-order valence-corrected chi connectivity index (χ4v) is 20.5. The second kappa shape index (κ2) is 20.0. The van der Waals surface area contributed by atoms with Gasteiger partial charge in [-0.15, -0.1) is 22.7 Å². The van der Waals surface area contributed by atoms with E-state index in [1.165, 1.54) is 183 Å². The Kier molecular flexibility index (Phi) is 10.7. The van der Waals surface area contributed by atoms with Crippen LogP contribution in [0.25, 0.3) is 234 Å². The number of hydrogen-bond donors (Lipinski definition) is 0. The summed E-state index contributed by atoms with van der Waals surface area (Å²) in [6.45, 7) is 0. The topological polar surface area (TPSA) is 40.6 Å². The van der Waals surface area contributed by atoms with Gasteiger partial charge in [-0.05, 0) is 162 Å². The largest absolute Gasteiger partial charge is 0.309 e. The van der Waals surface area contributed by atoms with E-state index in [-0.39, 0.29) is 0 Å². The fraction of sp³-hybridized carbons (Fsp3) is 0.